The minimum atomic E-state index is 0.0677. The fourth-order valence-electron chi connectivity index (χ4n) is 2.02. The Labute approximate surface area is 114 Å². The number of aldehydes is 1. The first kappa shape index (κ1) is 13.3. The largest absolute Gasteiger partial charge is 0.486 e. The highest BCUT2D eigenvalue weighted by molar-refractivity contribution is 5.55. The lowest BCUT2D eigenvalue weighted by Gasteiger charge is -2.18. The van der Waals surface area contributed by atoms with E-state index in [9.17, 15) is 4.79 Å². The second-order valence-electron chi connectivity index (χ2n) is 4.44. The molecule has 0 spiro atoms. The molecule has 0 aliphatic rings. The summed E-state index contributed by atoms with van der Waals surface area (Å²) in [6.45, 7) is 2.11. The maximum absolute atomic E-state index is 10.4. The van der Waals surface area contributed by atoms with Crippen LogP contribution in [0.5, 0.6) is 5.75 Å². The Morgan fingerprint density at radius 2 is 1.74 bits per heavy atom. The van der Waals surface area contributed by atoms with Crippen molar-refractivity contribution in [1.82, 2.24) is 0 Å². The third-order valence-corrected chi connectivity index (χ3v) is 3.06. The van der Waals surface area contributed by atoms with Crippen LogP contribution < -0.4 is 4.74 Å². The fourth-order valence-corrected chi connectivity index (χ4v) is 2.02. The summed E-state index contributed by atoms with van der Waals surface area (Å²) in [6, 6.07) is 17.9. The smallest absolute Gasteiger partial charge is 0.124 e. The number of carbonyl (C=O) groups is 1. The van der Waals surface area contributed by atoms with Gasteiger partial charge in [0, 0.05) is 6.42 Å². The van der Waals surface area contributed by atoms with Crippen LogP contribution in [0.4, 0.5) is 0 Å². The van der Waals surface area contributed by atoms with Gasteiger partial charge in [0.2, 0.25) is 0 Å². The Morgan fingerprint density at radius 1 is 1.05 bits per heavy atom. The molecule has 0 bridgehead atoms. The summed E-state index contributed by atoms with van der Waals surface area (Å²) in [4.78, 5) is 10.4. The number of rotatable bonds is 6. The van der Waals surface area contributed by atoms with Gasteiger partial charge < -0.3 is 9.53 Å². The third-order valence-electron chi connectivity index (χ3n) is 3.06. The molecule has 0 fully saturated rings. The van der Waals surface area contributed by atoms with Gasteiger partial charge in [-0.2, -0.15) is 0 Å². The van der Waals surface area contributed by atoms with Gasteiger partial charge in [0.1, 0.15) is 18.1 Å². The molecule has 0 amide bonds. The highest BCUT2D eigenvalue weighted by Gasteiger charge is 2.10. The molecule has 2 heteroatoms. The van der Waals surface area contributed by atoms with E-state index < -0.39 is 0 Å². The van der Waals surface area contributed by atoms with Crippen molar-refractivity contribution in [3.8, 4) is 5.75 Å². The first-order chi connectivity index (χ1) is 9.33. The van der Waals surface area contributed by atoms with Gasteiger partial charge in [-0.1, -0.05) is 49.4 Å². The third kappa shape index (κ3) is 3.68. The maximum atomic E-state index is 10.4. The molecular formula is C17H18O2. The number of ether oxygens (including phenoxy) is 1. The lowest BCUT2D eigenvalue weighted by atomic mass is 10.1. The SMILES string of the molecule is CCC(Oc1ccc(CC=O)cc1)c1ccccc1. The van der Waals surface area contributed by atoms with Crippen LogP contribution in [-0.4, -0.2) is 6.29 Å². The van der Waals surface area contributed by atoms with E-state index in [2.05, 4.69) is 19.1 Å². The zero-order chi connectivity index (χ0) is 13.5. The van der Waals surface area contributed by atoms with Crippen LogP contribution in [0.3, 0.4) is 0 Å². The minimum absolute atomic E-state index is 0.0677. The average molecular weight is 254 g/mol. The van der Waals surface area contributed by atoms with Gasteiger partial charge in [-0.25, -0.2) is 0 Å². The van der Waals surface area contributed by atoms with Crippen LogP contribution in [0.15, 0.2) is 54.6 Å². The van der Waals surface area contributed by atoms with E-state index in [4.69, 9.17) is 4.74 Å². The van der Waals surface area contributed by atoms with E-state index >= 15 is 0 Å². The van der Waals surface area contributed by atoms with Gasteiger partial charge in [-0.15, -0.1) is 0 Å². The summed E-state index contributed by atoms with van der Waals surface area (Å²) in [5.74, 6) is 0.838. The standard InChI is InChI=1S/C17H18O2/c1-2-17(15-6-4-3-5-7-15)19-16-10-8-14(9-11-16)12-13-18/h3-11,13,17H,2,12H2,1H3. The average Bonchev–Trinajstić information content (AvgIpc) is 2.48. The molecule has 2 aromatic carbocycles. The highest BCUT2D eigenvalue weighted by atomic mass is 16.5. The van der Waals surface area contributed by atoms with Crippen molar-refractivity contribution in [3.05, 3.63) is 65.7 Å². The van der Waals surface area contributed by atoms with Gasteiger partial charge in [0.15, 0.2) is 0 Å². The molecule has 0 radical (unpaired) electrons. The Balaban J connectivity index is 2.08. The number of hydrogen-bond acceptors (Lipinski definition) is 2. The second kappa shape index (κ2) is 6.74. The van der Waals surface area contributed by atoms with Crippen molar-refractivity contribution >= 4 is 6.29 Å². The van der Waals surface area contributed by atoms with E-state index in [0.29, 0.717) is 6.42 Å². The van der Waals surface area contributed by atoms with Gasteiger partial charge >= 0.3 is 0 Å². The molecule has 1 unspecified atom stereocenters. The molecule has 19 heavy (non-hydrogen) atoms. The molecular weight excluding hydrogens is 236 g/mol. The van der Waals surface area contributed by atoms with Gasteiger partial charge in [-0.3, -0.25) is 0 Å². The predicted molar refractivity (Wildman–Crippen MR) is 76.3 cm³/mol. The van der Waals surface area contributed by atoms with Crippen molar-refractivity contribution in [2.75, 3.05) is 0 Å². The van der Waals surface area contributed by atoms with Crippen LogP contribution in [0.25, 0.3) is 0 Å². The van der Waals surface area contributed by atoms with Crippen molar-refractivity contribution < 1.29 is 9.53 Å². The summed E-state index contributed by atoms with van der Waals surface area (Å²) in [6.07, 6.45) is 2.35. The van der Waals surface area contributed by atoms with Crippen molar-refractivity contribution in [1.29, 1.82) is 0 Å². The molecule has 0 aromatic heterocycles. The van der Waals surface area contributed by atoms with Crippen molar-refractivity contribution in [2.45, 2.75) is 25.9 Å². The van der Waals surface area contributed by atoms with Crippen LogP contribution in [0.1, 0.15) is 30.6 Å². The summed E-state index contributed by atoms with van der Waals surface area (Å²) >= 11 is 0. The van der Waals surface area contributed by atoms with Crippen LogP contribution >= 0.6 is 0 Å². The summed E-state index contributed by atoms with van der Waals surface area (Å²) in [5, 5.41) is 0. The van der Waals surface area contributed by atoms with E-state index in [-0.39, 0.29) is 6.10 Å². The first-order valence-corrected chi connectivity index (χ1v) is 6.57. The molecule has 0 N–H and O–H groups in total. The molecule has 0 saturated heterocycles. The van der Waals surface area contributed by atoms with E-state index in [1.165, 1.54) is 5.56 Å². The Kier molecular flexibility index (Phi) is 4.73. The summed E-state index contributed by atoms with van der Waals surface area (Å²) in [5.41, 5.74) is 2.19. The summed E-state index contributed by atoms with van der Waals surface area (Å²) in [7, 11) is 0. The Morgan fingerprint density at radius 3 is 2.32 bits per heavy atom. The first-order valence-electron chi connectivity index (χ1n) is 6.57. The van der Waals surface area contributed by atoms with E-state index in [1.807, 2.05) is 42.5 Å². The van der Waals surface area contributed by atoms with Gasteiger partial charge in [0.05, 0.1) is 0 Å². The molecule has 2 aromatic rings. The van der Waals surface area contributed by atoms with Crippen LogP contribution in [0.2, 0.25) is 0 Å². The highest BCUT2D eigenvalue weighted by Crippen LogP contribution is 2.24. The topological polar surface area (TPSA) is 26.3 Å². The molecule has 0 aliphatic heterocycles. The number of hydrogen-bond donors (Lipinski definition) is 0. The predicted octanol–water partition coefficient (Wildman–Crippen LogP) is 3.96. The zero-order valence-electron chi connectivity index (χ0n) is 11.1. The molecule has 2 rings (SSSR count). The molecule has 98 valence electrons. The van der Waals surface area contributed by atoms with Crippen LogP contribution in [0, 0.1) is 0 Å². The second-order valence-corrected chi connectivity index (χ2v) is 4.44. The molecule has 2 nitrogen and oxygen atoms in total. The molecule has 0 aliphatic carbocycles. The quantitative estimate of drug-likeness (QED) is 0.729. The van der Waals surface area contributed by atoms with Gasteiger partial charge in [-0.05, 0) is 29.7 Å². The van der Waals surface area contributed by atoms with Crippen LogP contribution in [-0.2, 0) is 11.2 Å². The molecule has 0 saturated carbocycles. The normalized spacial score (nSPS) is 11.8. The van der Waals surface area contributed by atoms with Gasteiger partial charge in [0.25, 0.3) is 0 Å². The number of benzene rings is 2. The maximum Gasteiger partial charge on any atom is 0.124 e. The molecule has 0 heterocycles. The van der Waals surface area contributed by atoms with Crippen molar-refractivity contribution in [2.24, 2.45) is 0 Å². The van der Waals surface area contributed by atoms with Crippen molar-refractivity contribution in [3.63, 3.8) is 0 Å². The lowest BCUT2D eigenvalue weighted by Crippen LogP contribution is -2.06. The zero-order valence-corrected chi connectivity index (χ0v) is 11.1. The van der Waals surface area contributed by atoms with E-state index in [1.54, 1.807) is 0 Å². The van der Waals surface area contributed by atoms with E-state index in [0.717, 1.165) is 24.0 Å². The Hall–Kier alpha value is -2.09. The minimum Gasteiger partial charge on any atom is -0.486 e. The monoisotopic (exact) mass is 254 g/mol. The summed E-state index contributed by atoms with van der Waals surface area (Å²) < 4.78 is 5.99. The lowest BCUT2D eigenvalue weighted by molar-refractivity contribution is -0.107. The Bertz CT molecular complexity index is 503. The number of carbonyl (C=O) groups excluding carboxylic acids is 1. The fraction of sp³-hybridized carbons (Fsp3) is 0.235. The molecule has 1 atom stereocenters.